The van der Waals surface area contributed by atoms with E-state index < -0.39 is 66.7 Å². The van der Waals surface area contributed by atoms with Crippen LogP contribution in [0.25, 0.3) is 10.9 Å². The minimum absolute atomic E-state index is 0.0796. The normalized spacial score (nSPS) is 13.2. The van der Waals surface area contributed by atoms with E-state index in [0.29, 0.717) is 5.56 Å². The summed E-state index contributed by atoms with van der Waals surface area (Å²) in [6.07, 6.45) is 0.128. The van der Waals surface area contributed by atoms with Crippen molar-refractivity contribution in [3.63, 3.8) is 0 Å². The lowest BCUT2D eigenvalue weighted by molar-refractivity contribution is -0.142. The fourth-order valence-corrected chi connectivity index (χ4v) is 3.36. The number of benzene rings is 1. The van der Waals surface area contributed by atoms with E-state index in [9.17, 15) is 28.8 Å². The third kappa shape index (κ3) is 8.39. The summed E-state index contributed by atoms with van der Waals surface area (Å²) in [5.74, 6) is -6.74. The number of H-pyrrole nitrogens is 1. The van der Waals surface area contributed by atoms with Gasteiger partial charge in [-0.25, -0.2) is 0 Å². The molecule has 14 heteroatoms. The first-order valence-electron chi connectivity index (χ1n) is 10.8. The summed E-state index contributed by atoms with van der Waals surface area (Å²) in [6, 6.07) is 2.95. The number of aliphatic carboxylic acids is 3. The summed E-state index contributed by atoms with van der Waals surface area (Å²) in [7, 11) is 0. The van der Waals surface area contributed by atoms with E-state index in [-0.39, 0.29) is 19.3 Å². The maximum absolute atomic E-state index is 13.1. The number of hydrogen-bond donors (Lipinski definition) is 8. The minimum Gasteiger partial charge on any atom is -0.481 e. The summed E-state index contributed by atoms with van der Waals surface area (Å²) in [5.41, 5.74) is 7.13. The molecule has 194 valence electrons. The third-order valence-corrected chi connectivity index (χ3v) is 5.16. The van der Waals surface area contributed by atoms with Crippen LogP contribution in [0.1, 0.15) is 24.8 Å². The lowest BCUT2D eigenvalue weighted by Crippen LogP contribution is -2.57. The lowest BCUT2D eigenvalue weighted by atomic mass is 10.0. The van der Waals surface area contributed by atoms with Crippen molar-refractivity contribution in [3.8, 4) is 0 Å². The van der Waals surface area contributed by atoms with Crippen LogP contribution in [0.5, 0.6) is 0 Å². The van der Waals surface area contributed by atoms with E-state index in [1.165, 1.54) is 0 Å². The van der Waals surface area contributed by atoms with E-state index in [4.69, 9.17) is 21.1 Å². The average Bonchev–Trinajstić information content (AvgIpc) is 3.22. The molecule has 0 saturated carbocycles. The first-order chi connectivity index (χ1) is 17.0. The van der Waals surface area contributed by atoms with E-state index in [1.54, 1.807) is 30.5 Å². The van der Waals surface area contributed by atoms with Crippen molar-refractivity contribution in [2.75, 3.05) is 6.54 Å². The summed E-state index contributed by atoms with van der Waals surface area (Å²) < 4.78 is 0. The Morgan fingerprint density at radius 2 is 1.53 bits per heavy atom. The summed E-state index contributed by atoms with van der Waals surface area (Å²) in [6.45, 7) is -0.793. The molecular weight excluding hydrogens is 478 g/mol. The van der Waals surface area contributed by atoms with E-state index >= 15 is 0 Å². The number of aromatic nitrogens is 1. The molecule has 0 radical (unpaired) electrons. The fourth-order valence-electron chi connectivity index (χ4n) is 3.36. The Balaban J connectivity index is 2.26. The first-order valence-corrected chi connectivity index (χ1v) is 10.8. The van der Waals surface area contributed by atoms with Crippen LogP contribution >= 0.6 is 0 Å². The van der Waals surface area contributed by atoms with Crippen molar-refractivity contribution >= 4 is 46.5 Å². The van der Waals surface area contributed by atoms with Gasteiger partial charge in [-0.05, 0) is 18.1 Å². The van der Waals surface area contributed by atoms with E-state index in [0.717, 1.165) is 10.9 Å². The Morgan fingerprint density at radius 3 is 2.17 bits per heavy atom. The molecule has 0 bridgehead atoms. The summed E-state index contributed by atoms with van der Waals surface area (Å²) in [4.78, 5) is 73.7. The molecule has 3 atom stereocenters. The van der Waals surface area contributed by atoms with Crippen LogP contribution in [-0.2, 0) is 35.2 Å². The predicted octanol–water partition coefficient (Wildman–Crippen LogP) is -1.45. The van der Waals surface area contributed by atoms with Crippen LogP contribution in [0.3, 0.4) is 0 Å². The Morgan fingerprint density at radius 1 is 0.861 bits per heavy atom. The zero-order valence-corrected chi connectivity index (χ0v) is 19.0. The number of carbonyl (C=O) groups is 6. The highest BCUT2D eigenvalue weighted by molar-refractivity contribution is 5.95. The standard InChI is InChI=1S/C22H27N5O9/c23-13(5-6-17(28)29)20(34)26-15(7-11-9-24-14-4-2-1-3-12(11)14)22(36)27-16(8-18(30)31)21(35)25-10-19(32)33/h1-4,9,13,15-16,24H,5-8,10,23H2,(H,25,35)(H,26,34)(H,27,36)(H,28,29)(H,30,31)(H,32,33). The Labute approximate surface area is 204 Å². The first kappa shape index (κ1) is 27.8. The highest BCUT2D eigenvalue weighted by atomic mass is 16.4. The maximum atomic E-state index is 13.1. The van der Waals surface area contributed by atoms with Crippen LogP contribution in [0, 0.1) is 0 Å². The molecule has 1 heterocycles. The highest BCUT2D eigenvalue weighted by Gasteiger charge is 2.30. The molecule has 3 unspecified atom stereocenters. The lowest BCUT2D eigenvalue weighted by Gasteiger charge is -2.23. The van der Waals surface area contributed by atoms with Gasteiger partial charge in [0.05, 0.1) is 12.5 Å². The molecule has 3 amide bonds. The number of nitrogens with two attached hydrogens (primary N) is 1. The fraction of sp³-hybridized carbons (Fsp3) is 0.364. The Hall–Kier alpha value is -4.46. The van der Waals surface area contributed by atoms with Gasteiger partial charge >= 0.3 is 17.9 Å². The van der Waals surface area contributed by atoms with Gasteiger partial charge in [0.1, 0.15) is 18.6 Å². The second-order valence-electron chi connectivity index (χ2n) is 7.93. The maximum Gasteiger partial charge on any atom is 0.322 e. The molecule has 0 saturated heterocycles. The van der Waals surface area contributed by atoms with Crippen molar-refractivity contribution in [1.82, 2.24) is 20.9 Å². The minimum atomic E-state index is -1.63. The Kier molecular flexibility index (Phi) is 9.92. The van der Waals surface area contributed by atoms with Gasteiger partial charge in [0.15, 0.2) is 0 Å². The SMILES string of the molecule is NC(CCC(=O)O)C(=O)NC(Cc1c[nH]c2ccccc12)C(=O)NC(CC(=O)O)C(=O)NCC(=O)O. The average molecular weight is 505 g/mol. The van der Waals surface area contributed by atoms with Gasteiger partial charge < -0.3 is 42.0 Å². The number of nitrogens with one attached hydrogen (secondary N) is 4. The second kappa shape index (κ2) is 12.9. The van der Waals surface area contributed by atoms with Crippen molar-refractivity contribution < 1.29 is 44.1 Å². The number of carbonyl (C=O) groups excluding carboxylic acids is 3. The van der Waals surface area contributed by atoms with Crippen molar-refractivity contribution in [1.29, 1.82) is 0 Å². The number of aromatic amines is 1. The van der Waals surface area contributed by atoms with Gasteiger partial charge in [-0.3, -0.25) is 28.8 Å². The molecule has 14 nitrogen and oxygen atoms in total. The van der Waals surface area contributed by atoms with Gasteiger partial charge in [-0.15, -0.1) is 0 Å². The highest BCUT2D eigenvalue weighted by Crippen LogP contribution is 2.19. The number of amides is 3. The molecule has 9 N–H and O–H groups in total. The van der Waals surface area contributed by atoms with E-state index in [1.807, 2.05) is 5.32 Å². The van der Waals surface area contributed by atoms with Gasteiger partial charge in [-0.1, -0.05) is 18.2 Å². The molecule has 0 aliphatic carbocycles. The number of rotatable bonds is 14. The molecular formula is C22H27N5O9. The quantitative estimate of drug-likeness (QED) is 0.148. The molecule has 0 spiro atoms. The molecule has 2 rings (SSSR count). The summed E-state index contributed by atoms with van der Waals surface area (Å²) in [5, 5.41) is 34.1. The van der Waals surface area contributed by atoms with Crippen LogP contribution in [0.4, 0.5) is 0 Å². The van der Waals surface area contributed by atoms with E-state index in [2.05, 4.69) is 15.6 Å². The topological polar surface area (TPSA) is 241 Å². The number of fused-ring (bicyclic) bond motifs is 1. The van der Waals surface area contributed by atoms with Gasteiger partial charge in [0.25, 0.3) is 0 Å². The molecule has 0 fully saturated rings. The van der Waals surface area contributed by atoms with Gasteiger partial charge in [-0.2, -0.15) is 0 Å². The summed E-state index contributed by atoms with van der Waals surface area (Å²) >= 11 is 0. The number of carboxylic acid groups (broad SMARTS) is 3. The molecule has 1 aromatic heterocycles. The largest absolute Gasteiger partial charge is 0.481 e. The Bertz CT molecular complexity index is 1150. The number of para-hydroxylation sites is 1. The zero-order chi connectivity index (χ0) is 26.8. The molecule has 0 aliphatic rings. The van der Waals surface area contributed by atoms with Gasteiger partial charge in [0, 0.05) is 29.9 Å². The number of hydrogen-bond acceptors (Lipinski definition) is 7. The molecule has 36 heavy (non-hydrogen) atoms. The number of carboxylic acids is 3. The molecule has 2 aromatic rings. The van der Waals surface area contributed by atoms with Crippen molar-refractivity contribution in [3.05, 3.63) is 36.0 Å². The van der Waals surface area contributed by atoms with Crippen LogP contribution < -0.4 is 21.7 Å². The molecule has 1 aromatic carbocycles. The zero-order valence-electron chi connectivity index (χ0n) is 19.0. The third-order valence-electron chi connectivity index (χ3n) is 5.16. The van der Waals surface area contributed by atoms with Crippen molar-refractivity contribution in [2.24, 2.45) is 5.73 Å². The van der Waals surface area contributed by atoms with Crippen molar-refractivity contribution in [2.45, 2.75) is 43.8 Å². The van der Waals surface area contributed by atoms with Crippen LogP contribution in [-0.4, -0.2) is 80.6 Å². The van der Waals surface area contributed by atoms with Crippen LogP contribution in [0.15, 0.2) is 30.5 Å². The molecule has 0 aliphatic heterocycles. The smallest absolute Gasteiger partial charge is 0.322 e. The van der Waals surface area contributed by atoms with Crippen LogP contribution in [0.2, 0.25) is 0 Å². The monoisotopic (exact) mass is 505 g/mol. The predicted molar refractivity (Wildman–Crippen MR) is 124 cm³/mol. The second-order valence-corrected chi connectivity index (χ2v) is 7.93. The van der Waals surface area contributed by atoms with Gasteiger partial charge in [0.2, 0.25) is 17.7 Å².